The van der Waals surface area contributed by atoms with Gasteiger partial charge in [0.2, 0.25) is 0 Å². The summed E-state index contributed by atoms with van der Waals surface area (Å²) >= 11 is 3.24. The molecule has 2 aromatic rings. The molecular weight excluding hydrogens is 230 g/mol. The molecule has 0 amide bonds. The van der Waals surface area contributed by atoms with E-state index >= 15 is 0 Å². The third kappa shape index (κ3) is 1.62. The summed E-state index contributed by atoms with van der Waals surface area (Å²) in [5.74, 6) is 0. The Labute approximate surface area is 84.7 Å². The minimum atomic E-state index is -0.451. The molecule has 1 unspecified atom stereocenters. The molecule has 0 saturated heterocycles. The number of aromatic nitrogens is 1. The minimum absolute atomic E-state index is 0.451. The molecule has 0 aliphatic rings. The normalized spacial score (nSPS) is 13.4. The van der Waals surface area contributed by atoms with Gasteiger partial charge in [0.1, 0.15) is 6.10 Å². The molecule has 3 heteroatoms. The summed E-state index contributed by atoms with van der Waals surface area (Å²) in [5, 5.41) is 11.2. The fraction of sp³-hybridized carbons (Fsp3) is 0.200. The first-order valence-corrected chi connectivity index (χ1v) is 5.25. The number of H-pyrrole nitrogens is 1. The van der Waals surface area contributed by atoms with Crippen molar-refractivity contribution >= 4 is 26.8 Å². The summed E-state index contributed by atoms with van der Waals surface area (Å²) < 4.78 is 0. The average Bonchev–Trinajstić information content (AvgIpc) is 2.59. The molecule has 0 aliphatic carbocycles. The Morgan fingerprint density at radius 1 is 1.38 bits per heavy atom. The molecule has 0 saturated carbocycles. The van der Waals surface area contributed by atoms with E-state index in [1.54, 1.807) is 0 Å². The Kier molecular flexibility index (Phi) is 2.38. The van der Waals surface area contributed by atoms with Crippen LogP contribution in [-0.2, 0) is 0 Å². The zero-order valence-electron chi connectivity index (χ0n) is 7.00. The number of halogens is 1. The molecule has 0 bridgehead atoms. The summed E-state index contributed by atoms with van der Waals surface area (Å²) in [6.45, 7) is 0. The summed E-state index contributed by atoms with van der Waals surface area (Å²) in [6, 6.07) is 9.96. The van der Waals surface area contributed by atoms with Crippen LogP contribution in [-0.4, -0.2) is 15.4 Å². The molecule has 1 aromatic heterocycles. The smallest absolute Gasteiger partial charge is 0.103 e. The van der Waals surface area contributed by atoms with Gasteiger partial charge in [0, 0.05) is 16.5 Å². The first kappa shape index (κ1) is 8.78. The lowest BCUT2D eigenvalue weighted by molar-refractivity contribution is 0.201. The second kappa shape index (κ2) is 3.52. The number of hydrogen-bond donors (Lipinski definition) is 2. The minimum Gasteiger partial charge on any atom is -0.386 e. The van der Waals surface area contributed by atoms with E-state index in [2.05, 4.69) is 20.9 Å². The number of rotatable bonds is 2. The summed E-state index contributed by atoms with van der Waals surface area (Å²) in [5.41, 5.74) is 1.93. The standard InChI is InChI=1S/C10H10BrNO/c11-6-10(13)9-5-7-3-1-2-4-8(7)12-9/h1-5,10,12-13H,6H2. The van der Waals surface area contributed by atoms with E-state index in [4.69, 9.17) is 0 Å². The molecule has 1 aromatic carbocycles. The van der Waals surface area contributed by atoms with Crippen LogP contribution in [0, 0.1) is 0 Å². The van der Waals surface area contributed by atoms with E-state index in [9.17, 15) is 5.11 Å². The van der Waals surface area contributed by atoms with Gasteiger partial charge in [-0.3, -0.25) is 0 Å². The average molecular weight is 240 g/mol. The second-order valence-electron chi connectivity index (χ2n) is 2.98. The lowest BCUT2D eigenvalue weighted by Crippen LogP contribution is -1.97. The van der Waals surface area contributed by atoms with Crippen molar-refractivity contribution in [1.82, 2.24) is 4.98 Å². The highest BCUT2D eigenvalue weighted by Gasteiger charge is 2.07. The van der Waals surface area contributed by atoms with Crippen LogP contribution in [0.5, 0.6) is 0 Å². The molecule has 0 radical (unpaired) electrons. The molecule has 1 atom stereocenters. The van der Waals surface area contributed by atoms with Gasteiger partial charge in [-0.2, -0.15) is 0 Å². The number of aliphatic hydroxyl groups is 1. The van der Waals surface area contributed by atoms with Gasteiger partial charge < -0.3 is 10.1 Å². The third-order valence-electron chi connectivity index (χ3n) is 2.06. The number of benzene rings is 1. The zero-order valence-corrected chi connectivity index (χ0v) is 8.58. The number of nitrogens with one attached hydrogen (secondary N) is 1. The van der Waals surface area contributed by atoms with Gasteiger partial charge in [-0.1, -0.05) is 34.1 Å². The number of aliphatic hydroxyl groups excluding tert-OH is 1. The largest absolute Gasteiger partial charge is 0.386 e. The molecule has 0 spiro atoms. The van der Waals surface area contributed by atoms with Crippen molar-refractivity contribution in [3.63, 3.8) is 0 Å². The lowest BCUT2D eigenvalue weighted by atomic mass is 10.2. The zero-order chi connectivity index (χ0) is 9.26. The molecule has 0 fully saturated rings. The highest BCUT2D eigenvalue weighted by atomic mass is 79.9. The fourth-order valence-electron chi connectivity index (χ4n) is 1.36. The predicted molar refractivity (Wildman–Crippen MR) is 57.1 cm³/mol. The summed E-state index contributed by atoms with van der Waals surface area (Å²) in [7, 11) is 0. The van der Waals surface area contributed by atoms with Crippen molar-refractivity contribution in [2.75, 3.05) is 5.33 Å². The molecule has 1 heterocycles. The number of alkyl halides is 1. The number of fused-ring (bicyclic) bond motifs is 1. The van der Waals surface area contributed by atoms with E-state index in [0.717, 1.165) is 16.6 Å². The Hall–Kier alpha value is -0.800. The van der Waals surface area contributed by atoms with E-state index in [1.807, 2.05) is 30.3 Å². The monoisotopic (exact) mass is 239 g/mol. The van der Waals surface area contributed by atoms with Crippen molar-refractivity contribution in [3.8, 4) is 0 Å². The number of aromatic amines is 1. The Morgan fingerprint density at radius 3 is 2.85 bits per heavy atom. The van der Waals surface area contributed by atoms with Gasteiger partial charge in [-0.15, -0.1) is 0 Å². The van der Waals surface area contributed by atoms with Crippen LogP contribution in [0.2, 0.25) is 0 Å². The van der Waals surface area contributed by atoms with Crippen LogP contribution in [0.4, 0.5) is 0 Å². The van der Waals surface area contributed by atoms with Gasteiger partial charge in [0.25, 0.3) is 0 Å². The van der Waals surface area contributed by atoms with E-state index < -0.39 is 6.10 Å². The molecule has 68 valence electrons. The Balaban J connectivity index is 2.49. The SMILES string of the molecule is OC(CBr)c1cc2ccccc2[nH]1. The third-order valence-corrected chi connectivity index (χ3v) is 2.67. The summed E-state index contributed by atoms with van der Waals surface area (Å²) in [6.07, 6.45) is -0.451. The van der Waals surface area contributed by atoms with Gasteiger partial charge >= 0.3 is 0 Å². The molecular formula is C10H10BrNO. The molecule has 2 N–H and O–H groups in total. The highest BCUT2D eigenvalue weighted by molar-refractivity contribution is 9.09. The summed E-state index contributed by atoms with van der Waals surface area (Å²) in [4.78, 5) is 3.17. The first-order valence-electron chi connectivity index (χ1n) is 4.13. The quantitative estimate of drug-likeness (QED) is 0.777. The van der Waals surface area contributed by atoms with Crippen molar-refractivity contribution in [1.29, 1.82) is 0 Å². The maximum Gasteiger partial charge on any atom is 0.103 e. The van der Waals surface area contributed by atoms with Crippen LogP contribution in [0.3, 0.4) is 0 Å². The maximum atomic E-state index is 9.55. The number of para-hydroxylation sites is 1. The van der Waals surface area contributed by atoms with Gasteiger partial charge in [0.05, 0.1) is 0 Å². The van der Waals surface area contributed by atoms with Crippen molar-refractivity contribution in [2.45, 2.75) is 6.10 Å². The van der Waals surface area contributed by atoms with Crippen molar-refractivity contribution in [3.05, 3.63) is 36.0 Å². The lowest BCUT2D eigenvalue weighted by Gasteiger charge is -2.01. The van der Waals surface area contributed by atoms with Gasteiger partial charge in [-0.05, 0) is 17.5 Å². The van der Waals surface area contributed by atoms with Gasteiger partial charge in [0.15, 0.2) is 0 Å². The van der Waals surface area contributed by atoms with Gasteiger partial charge in [-0.25, -0.2) is 0 Å². The Bertz CT molecular complexity index is 377. The van der Waals surface area contributed by atoms with E-state index in [-0.39, 0.29) is 0 Å². The van der Waals surface area contributed by atoms with Crippen LogP contribution in [0.25, 0.3) is 10.9 Å². The maximum absolute atomic E-state index is 9.55. The first-order chi connectivity index (χ1) is 6.31. The fourth-order valence-corrected chi connectivity index (χ4v) is 1.71. The van der Waals surface area contributed by atoms with E-state index in [0.29, 0.717) is 5.33 Å². The molecule has 2 nitrogen and oxygen atoms in total. The number of hydrogen-bond acceptors (Lipinski definition) is 1. The highest BCUT2D eigenvalue weighted by Crippen LogP contribution is 2.20. The van der Waals surface area contributed by atoms with Crippen LogP contribution < -0.4 is 0 Å². The molecule has 2 rings (SSSR count). The topological polar surface area (TPSA) is 36.0 Å². The Morgan fingerprint density at radius 2 is 2.15 bits per heavy atom. The second-order valence-corrected chi connectivity index (χ2v) is 3.63. The molecule has 0 aliphatic heterocycles. The van der Waals surface area contributed by atoms with Crippen molar-refractivity contribution < 1.29 is 5.11 Å². The van der Waals surface area contributed by atoms with Crippen LogP contribution in [0.1, 0.15) is 11.8 Å². The van der Waals surface area contributed by atoms with E-state index in [1.165, 1.54) is 0 Å². The van der Waals surface area contributed by atoms with Crippen LogP contribution in [0.15, 0.2) is 30.3 Å². The predicted octanol–water partition coefficient (Wildman–Crippen LogP) is 2.60. The van der Waals surface area contributed by atoms with Crippen molar-refractivity contribution in [2.24, 2.45) is 0 Å². The van der Waals surface area contributed by atoms with Crippen LogP contribution >= 0.6 is 15.9 Å². The molecule has 13 heavy (non-hydrogen) atoms.